The predicted octanol–water partition coefficient (Wildman–Crippen LogP) is 2.64. The first-order chi connectivity index (χ1) is 8.47. The lowest BCUT2D eigenvalue weighted by molar-refractivity contribution is 0.200. The second-order valence-electron chi connectivity index (χ2n) is 4.94. The van der Waals surface area contributed by atoms with Gasteiger partial charge in [-0.25, -0.2) is 0 Å². The molecule has 1 aromatic rings. The van der Waals surface area contributed by atoms with Crippen LogP contribution >= 0.6 is 0 Å². The lowest BCUT2D eigenvalue weighted by Gasteiger charge is -2.26. The fourth-order valence-electron chi connectivity index (χ4n) is 2.52. The monoisotopic (exact) mass is 251 g/mol. The Hall–Kier alpha value is -1.06. The van der Waals surface area contributed by atoms with Crippen LogP contribution in [0.15, 0.2) is 6.07 Å². The van der Waals surface area contributed by atoms with Gasteiger partial charge in [-0.1, -0.05) is 6.92 Å². The Morgan fingerprint density at radius 1 is 1.28 bits per heavy atom. The minimum Gasteiger partial charge on any atom is -0.496 e. The molecule has 0 amide bonds. The fraction of sp³-hybridized carbons (Fsp3) is 0.600. The Balaban J connectivity index is 3.28. The molecular formula is C15H25NO2. The first-order valence-corrected chi connectivity index (χ1v) is 6.48. The van der Waals surface area contributed by atoms with Gasteiger partial charge in [0.1, 0.15) is 5.75 Å². The normalized spacial score (nSPS) is 14.4. The van der Waals surface area contributed by atoms with Gasteiger partial charge < -0.3 is 15.6 Å². The number of methoxy groups -OCH3 is 1. The standard InChI is InChI=1S/C15H25NO2/c1-6-12(8-17)15(16)14-9(2)7-13(18-5)10(3)11(14)4/h7,12,15,17H,6,8,16H2,1-5H3. The molecule has 1 rings (SSSR count). The van der Waals surface area contributed by atoms with Crippen LogP contribution in [-0.2, 0) is 0 Å². The largest absolute Gasteiger partial charge is 0.496 e. The summed E-state index contributed by atoms with van der Waals surface area (Å²) in [5, 5.41) is 9.40. The molecule has 0 aliphatic heterocycles. The molecule has 0 spiro atoms. The fourth-order valence-corrected chi connectivity index (χ4v) is 2.52. The van der Waals surface area contributed by atoms with E-state index in [2.05, 4.69) is 13.8 Å². The van der Waals surface area contributed by atoms with Crippen molar-refractivity contribution in [1.29, 1.82) is 0 Å². The summed E-state index contributed by atoms with van der Waals surface area (Å²) in [4.78, 5) is 0. The van der Waals surface area contributed by atoms with E-state index in [0.29, 0.717) is 0 Å². The number of nitrogens with two attached hydrogens (primary N) is 1. The summed E-state index contributed by atoms with van der Waals surface area (Å²) in [6.45, 7) is 8.35. The lowest BCUT2D eigenvalue weighted by Crippen LogP contribution is -2.25. The highest BCUT2D eigenvalue weighted by atomic mass is 16.5. The minimum absolute atomic E-state index is 0.107. The molecule has 0 bridgehead atoms. The highest BCUT2D eigenvalue weighted by Crippen LogP contribution is 2.33. The maximum absolute atomic E-state index is 9.40. The van der Waals surface area contributed by atoms with Gasteiger partial charge >= 0.3 is 0 Å². The summed E-state index contributed by atoms with van der Waals surface area (Å²) in [6, 6.07) is 1.91. The topological polar surface area (TPSA) is 55.5 Å². The second kappa shape index (κ2) is 6.21. The molecule has 3 heteroatoms. The zero-order chi connectivity index (χ0) is 13.9. The first-order valence-electron chi connectivity index (χ1n) is 6.48. The van der Waals surface area contributed by atoms with Crippen molar-refractivity contribution < 1.29 is 9.84 Å². The summed E-state index contributed by atoms with van der Waals surface area (Å²) in [5.74, 6) is 1.01. The summed E-state index contributed by atoms with van der Waals surface area (Å²) in [6.07, 6.45) is 0.877. The van der Waals surface area contributed by atoms with Crippen molar-refractivity contribution in [3.05, 3.63) is 28.3 Å². The molecule has 2 atom stereocenters. The van der Waals surface area contributed by atoms with Gasteiger partial charge in [0, 0.05) is 18.6 Å². The first kappa shape index (κ1) is 15.0. The quantitative estimate of drug-likeness (QED) is 0.846. The molecule has 0 heterocycles. The molecule has 0 saturated carbocycles. The smallest absolute Gasteiger partial charge is 0.122 e. The van der Waals surface area contributed by atoms with Gasteiger partial charge in [-0.05, 0) is 55.5 Å². The number of hydrogen-bond donors (Lipinski definition) is 2. The van der Waals surface area contributed by atoms with E-state index in [1.54, 1.807) is 7.11 Å². The van der Waals surface area contributed by atoms with Gasteiger partial charge in [0.05, 0.1) is 7.11 Å². The number of aliphatic hydroxyl groups excluding tert-OH is 1. The van der Waals surface area contributed by atoms with E-state index in [1.165, 1.54) is 5.56 Å². The van der Waals surface area contributed by atoms with Gasteiger partial charge in [0.15, 0.2) is 0 Å². The van der Waals surface area contributed by atoms with Gasteiger partial charge in [0.2, 0.25) is 0 Å². The zero-order valence-electron chi connectivity index (χ0n) is 12.1. The van der Waals surface area contributed by atoms with E-state index in [0.717, 1.165) is 28.9 Å². The van der Waals surface area contributed by atoms with E-state index in [-0.39, 0.29) is 18.6 Å². The van der Waals surface area contributed by atoms with Crippen LogP contribution < -0.4 is 10.5 Å². The van der Waals surface area contributed by atoms with Crippen molar-refractivity contribution in [1.82, 2.24) is 0 Å². The van der Waals surface area contributed by atoms with Crippen molar-refractivity contribution in [2.24, 2.45) is 11.7 Å². The molecule has 0 saturated heterocycles. The number of aliphatic hydroxyl groups is 1. The highest BCUT2D eigenvalue weighted by molar-refractivity contribution is 5.49. The Labute approximate surface area is 110 Å². The van der Waals surface area contributed by atoms with Gasteiger partial charge in [0.25, 0.3) is 0 Å². The molecule has 0 aromatic heterocycles. The average molecular weight is 251 g/mol. The Bertz CT molecular complexity index is 411. The predicted molar refractivity (Wildman–Crippen MR) is 75.0 cm³/mol. The van der Waals surface area contributed by atoms with Crippen molar-refractivity contribution in [2.75, 3.05) is 13.7 Å². The number of aryl methyl sites for hydroxylation is 1. The number of benzene rings is 1. The summed E-state index contributed by atoms with van der Waals surface area (Å²) in [7, 11) is 1.68. The Morgan fingerprint density at radius 3 is 2.33 bits per heavy atom. The molecule has 3 nitrogen and oxygen atoms in total. The molecule has 102 valence electrons. The number of ether oxygens (including phenoxy) is 1. The molecule has 3 N–H and O–H groups in total. The summed E-state index contributed by atoms with van der Waals surface area (Å²) in [5.41, 5.74) is 10.9. The van der Waals surface area contributed by atoms with Crippen LogP contribution in [0, 0.1) is 26.7 Å². The third-order valence-corrected chi connectivity index (χ3v) is 3.93. The third kappa shape index (κ3) is 2.68. The van der Waals surface area contributed by atoms with Crippen LogP contribution in [0.5, 0.6) is 5.75 Å². The van der Waals surface area contributed by atoms with Crippen LogP contribution in [0.2, 0.25) is 0 Å². The van der Waals surface area contributed by atoms with E-state index in [4.69, 9.17) is 10.5 Å². The molecular weight excluding hydrogens is 226 g/mol. The zero-order valence-corrected chi connectivity index (χ0v) is 12.1. The lowest BCUT2D eigenvalue weighted by atomic mass is 9.85. The van der Waals surface area contributed by atoms with Crippen LogP contribution in [0.4, 0.5) is 0 Å². The van der Waals surface area contributed by atoms with Crippen LogP contribution in [-0.4, -0.2) is 18.8 Å². The van der Waals surface area contributed by atoms with Crippen LogP contribution in [0.25, 0.3) is 0 Å². The second-order valence-corrected chi connectivity index (χ2v) is 4.94. The van der Waals surface area contributed by atoms with E-state index < -0.39 is 0 Å². The van der Waals surface area contributed by atoms with Gasteiger partial charge in [-0.15, -0.1) is 0 Å². The van der Waals surface area contributed by atoms with Crippen LogP contribution in [0.1, 0.15) is 41.6 Å². The van der Waals surface area contributed by atoms with Crippen molar-refractivity contribution in [2.45, 2.75) is 40.2 Å². The van der Waals surface area contributed by atoms with E-state index in [1.807, 2.05) is 19.9 Å². The maximum Gasteiger partial charge on any atom is 0.122 e. The number of rotatable bonds is 5. The number of hydrogen-bond acceptors (Lipinski definition) is 3. The van der Waals surface area contributed by atoms with E-state index in [9.17, 15) is 5.11 Å². The Kier molecular flexibility index (Phi) is 5.17. The maximum atomic E-state index is 9.40. The molecule has 0 aliphatic rings. The Morgan fingerprint density at radius 2 is 1.89 bits per heavy atom. The summed E-state index contributed by atoms with van der Waals surface area (Å²) >= 11 is 0. The average Bonchev–Trinajstić information content (AvgIpc) is 2.35. The van der Waals surface area contributed by atoms with E-state index >= 15 is 0 Å². The molecule has 1 aromatic carbocycles. The molecule has 0 radical (unpaired) electrons. The van der Waals surface area contributed by atoms with Crippen LogP contribution in [0.3, 0.4) is 0 Å². The molecule has 18 heavy (non-hydrogen) atoms. The van der Waals surface area contributed by atoms with Gasteiger partial charge in [-0.2, -0.15) is 0 Å². The molecule has 0 fully saturated rings. The minimum atomic E-state index is -0.121. The van der Waals surface area contributed by atoms with Gasteiger partial charge in [-0.3, -0.25) is 0 Å². The van der Waals surface area contributed by atoms with Crippen molar-refractivity contribution >= 4 is 0 Å². The summed E-state index contributed by atoms with van der Waals surface area (Å²) < 4.78 is 5.36. The van der Waals surface area contributed by atoms with Crippen molar-refractivity contribution in [3.8, 4) is 5.75 Å². The highest BCUT2D eigenvalue weighted by Gasteiger charge is 2.22. The van der Waals surface area contributed by atoms with Crippen molar-refractivity contribution in [3.63, 3.8) is 0 Å². The SMILES string of the molecule is CCC(CO)C(N)c1c(C)cc(OC)c(C)c1C. The molecule has 2 unspecified atom stereocenters. The third-order valence-electron chi connectivity index (χ3n) is 3.93. The molecule has 0 aliphatic carbocycles.